The van der Waals surface area contributed by atoms with Crippen LogP contribution in [0.25, 0.3) is 0 Å². The van der Waals surface area contributed by atoms with Crippen LogP contribution in [0.4, 0.5) is 28.9 Å². The van der Waals surface area contributed by atoms with Crippen LogP contribution in [-0.2, 0) is 4.79 Å². The molecule has 0 aliphatic rings. The summed E-state index contributed by atoms with van der Waals surface area (Å²) in [5.41, 5.74) is 2.98. The fourth-order valence-corrected chi connectivity index (χ4v) is 1.58. The highest BCUT2D eigenvalue weighted by Crippen LogP contribution is 2.28. The first-order valence-electron chi connectivity index (χ1n) is 5.46. The number of nitrogen functional groups attached to an aromatic ring is 1. The molecule has 0 aromatic heterocycles. The first kappa shape index (κ1) is 17.0. The maximum absolute atomic E-state index is 13.5. The van der Waals surface area contributed by atoms with Gasteiger partial charge in [-0.1, -0.05) is 11.6 Å². The lowest BCUT2D eigenvalue weighted by molar-refractivity contribution is -0.122. The van der Waals surface area contributed by atoms with Crippen LogP contribution < -0.4 is 16.5 Å². The zero-order valence-corrected chi connectivity index (χ0v) is 11.4. The molecule has 9 heteroatoms. The zero-order valence-electron chi connectivity index (χ0n) is 10.7. The van der Waals surface area contributed by atoms with Gasteiger partial charge in [0.25, 0.3) is 5.91 Å². The third kappa shape index (κ3) is 3.94. The van der Waals surface area contributed by atoms with Crippen LogP contribution in [0.3, 0.4) is 0 Å². The molecule has 0 aliphatic heterocycles. The Morgan fingerprint density at radius 3 is 2.48 bits per heavy atom. The predicted molar refractivity (Wildman–Crippen MR) is 71.2 cm³/mol. The molecule has 1 amide bonds. The van der Waals surface area contributed by atoms with E-state index in [4.69, 9.17) is 22.7 Å². The molecule has 0 saturated carbocycles. The number of hydrogen-bond donors (Lipinski definition) is 3. The number of carbonyl (C=O) groups excluding carboxylic acids is 1. The lowest BCUT2D eigenvalue weighted by Crippen LogP contribution is -2.36. The molecule has 4 nitrogen and oxygen atoms in total. The van der Waals surface area contributed by atoms with Crippen molar-refractivity contribution >= 4 is 35.1 Å². The Balaban J connectivity index is 3.15. The summed E-state index contributed by atoms with van der Waals surface area (Å²) in [4.78, 5) is 11.7. The topological polar surface area (TPSA) is 80.7 Å². The fourth-order valence-electron chi connectivity index (χ4n) is 1.43. The average molecular weight is 325 g/mol. The van der Waals surface area contributed by atoms with Gasteiger partial charge in [-0.3, -0.25) is 10.2 Å². The lowest BCUT2D eigenvalue weighted by Gasteiger charge is -2.11. The maximum atomic E-state index is 13.5. The quantitative estimate of drug-likeness (QED) is 0.342. The normalized spacial score (nSPS) is 12.7. The second-order valence-corrected chi connectivity index (χ2v) is 4.42. The minimum atomic E-state index is -4.80. The molecule has 0 fully saturated rings. The van der Waals surface area contributed by atoms with E-state index in [9.17, 15) is 22.4 Å². The second-order valence-electron chi connectivity index (χ2n) is 4.01. The predicted octanol–water partition coefficient (Wildman–Crippen LogP) is 1.71. The maximum Gasteiger partial charge on any atom is 0.422 e. The molecule has 114 valence electrons. The van der Waals surface area contributed by atoms with Crippen molar-refractivity contribution in [2.45, 2.75) is 13.1 Å². The summed E-state index contributed by atoms with van der Waals surface area (Å²) in [5, 5.41) is 6.77. The number of anilines is 2. The summed E-state index contributed by atoms with van der Waals surface area (Å²) in [5.74, 6) is -2.09. The number of carbonyl (C=O) groups is 1. The van der Waals surface area contributed by atoms with Gasteiger partial charge in [0.05, 0.1) is 16.4 Å². The van der Waals surface area contributed by atoms with Crippen molar-refractivity contribution in [3.8, 4) is 0 Å². The number of hydrogen-bond acceptors (Lipinski definition) is 2. The van der Waals surface area contributed by atoms with E-state index in [2.05, 4.69) is 0 Å². The van der Waals surface area contributed by atoms with Gasteiger partial charge in [0.2, 0.25) is 0 Å². The van der Waals surface area contributed by atoms with Gasteiger partial charge in [0, 0.05) is 5.57 Å². The van der Waals surface area contributed by atoms with E-state index in [0.717, 1.165) is 19.1 Å². The van der Waals surface area contributed by atoms with E-state index in [0.29, 0.717) is 0 Å². The molecule has 1 aromatic rings. The summed E-state index contributed by atoms with van der Waals surface area (Å²) in [6, 6.07) is 1.84. The van der Waals surface area contributed by atoms with E-state index < -0.39 is 29.0 Å². The highest BCUT2D eigenvalue weighted by molar-refractivity contribution is 6.33. The molecule has 0 unspecified atom stereocenters. The van der Waals surface area contributed by atoms with Crippen LogP contribution in [0.15, 0.2) is 23.3 Å². The Labute approximate surface area is 122 Å². The number of nitrogens with two attached hydrogens (primary N) is 2. The smallest absolute Gasteiger partial charge is 0.397 e. The Hall–Kier alpha value is -2.09. The van der Waals surface area contributed by atoms with Gasteiger partial charge in [-0.25, -0.2) is 4.39 Å². The molecule has 0 spiro atoms. The van der Waals surface area contributed by atoms with Gasteiger partial charge >= 0.3 is 6.18 Å². The van der Waals surface area contributed by atoms with Crippen molar-refractivity contribution < 1.29 is 27.8 Å². The number of rotatable bonds is 3. The minimum Gasteiger partial charge on any atom is -0.397 e. The number of allylic oxidation sites excluding steroid dienone is 1. The van der Waals surface area contributed by atoms with Crippen LogP contribution >= 0.6 is 11.6 Å². The highest BCUT2D eigenvalue weighted by atomic mass is 35.5. The van der Waals surface area contributed by atoms with Gasteiger partial charge in [-0.15, -0.1) is 0 Å². The van der Waals surface area contributed by atoms with Crippen LogP contribution in [-0.4, -0.2) is 18.3 Å². The van der Waals surface area contributed by atoms with Crippen LogP contribution in [0, 0.1) is 5.82 Å². The number of halogens is 5. The van der Waals surface area contributed by atoms with E-state index in [1.54, 1.807) is 0 Å². The highest BCUT2D eigenvalue weighted by Gasteiger charge is 2.37. The van der Waals surface area contributed by atoms with Crippen molar-refractivity contribution in [3.05, 3.63) is 34.1 Å². The Bertz CT molecular complexity index is 626. The number of benzene rings is 1. The summed E-state index contributed by atoms with van der Waals surface area (Å²) in [7, 11) is 0. The molecular weight excluding hydrogens is 314 g/mol. The fraction of sp³-hybridized carbons (Fsp3) is 0.167. The first-order chi connectivity index (χ1) is 9.57. The molecule has 0 aliphatic carbocycles. The summed E-state index contributed by atoms with van der Waals surface area (Å²) >= 11 is 5.56. The zero-order chi connectivity index (χ0) is 16.4. The Kier molecular flexibility index (Phi) is 4.95. The number of amides is 1. The van der Waals surface area contributed by atoms with Crippen LogP contribution in [0.1, 0.15) is 6.92 Å². The van der Waals surface area contributed by atoms with Crippen LogP contribution in [0.2, 0.25) is 5.02 Å². The molecule has 0 bridgehead atoms. The van der Waals surface area contributed by atoms with Crippen LogP contribution in [0.5, 0.6) is 0 Å². The lowest BCUT2D eigenvalue weighted by atomic mass is 10.1. The van der Waals surface area contributed by atoms with E-state index in [1.807, 2.05) is 5.32 Å². The van der Waals surface area contributed by atoms with Crippen molar-refractivity contribution in [1.82, 2.24) is 0 Å². The van der Waals surface area contributed by atoms with Crippen molar-refractivity contribution in [3.63, 3.8) is 0 Å². The molecule has 21 heavy (non-hydrogen) atoms. The summed E-state index contributed by atoms with van der Waals surface area (Å²) in [6.07, 6.45) is -4.53. The van der Waals surface area contributed by atoms with Crippen molar-refractivity contribution in [2.24, 2.45) is 0 Å². The van der Waals surface area contributed by atoms with E-state index in [1.165, 1.54) is 0 Å². The first-order valence-corrected chi connectivity index (χ1v) is 5.84. The third-order valence-corrected chi connectivity index (χ3v) is 2.88. The second kappa shape index (κ2) is 6.13. The summed E-state index contributed by atoms with van der Waals surface area (Å²) in [6.45, 7) is 0.915. The monoisotopic (exact) mass is 324 g/mol. The largest absolute Gasteiger partial charge is 0.422 e. The van der Waals surface area contributed by atoms with Crippen molar-refractivity contribution in [2.75, 3.05) is 11.1 Å². The van der Waals surface area contributed by atoms with Gasteiger partial charge in [-0.2, -0.15) is 13.2 Å². The molecule has 0 atom stereocenters. The molecule has 0 heterocycles. The molecular formula is C12H11ClF4N3O+. The van der Waals surface area contributed by atoms with Gasteiger partial charge < -0.3 is 11.1 Å². The van der Waals surface area contributed by atoms with Crippen molar-refractivity contribution in [1.29, 1.82) is 0 Å². The average Bonchev–Trinajstić information content (AvgIpc) is 2.34. The van der Waals surface area contributed by atoms with Gasteiger partial charge in [0.1, 0.15) is 11.4 Å². The van der Waals surface area contributed by atoms with E-state index >= 15 is 0 Å². The molecule has 0 radical (unpaired) electrons. The Morgan fingerprint density at radius 1 is 1.43 bits per heavy atom. The molecule has 1 aromatic carbocycles. The SMILES string of the molecule is CC(C(=O)Nc1cc(N)c(Cl)cc1F)=C(C=[NH2+])C(F)(F)F. The third-order valence-electron chi connectivity index (χ3n) is 2.55. The van der Waals surface area contributed by atoms with E-state index in [-0.39, 0.29) is 22.6 Å². The Morgan fingerprint density at radius 2 is 2.00 bits per heavy atom. The molecule has 5 N–H and O–H groups in total. The van der Waals surface area contributed by atoms with Gasteiger partial charge in [0.15, 0.2) is 6.21 Å². The molecule has 1 rings (SSSR count). The standard InChI is InChI=1S/C12H10ClF4N3O/c1-5(6(4-18)12(15,16)17)11(21)20-10-3-9(19)7(13)2-8(10)14/h2-4,18H,19H2,1H3,(H,20,21)/p+1. The number of nitrogens with one attached hydrogen (secondary N) is 1. The molecule has 0 saturated heterocycles. The minimum absolute atomic E-state index is 0.0311. The number of alkyl halides is 3. The summed E-state index contributed by atoms with van der Waals surface area (Å²) < 4.78 is 51.4. The van der Waals surface area contributed by atoms with Gasteiger partial charge in [-0.05, 0) is 19.1 Å².